The lowest BCUT2D eigenvalue weighted by atomic mass is 10.1. The Hall–Kier alpha value is -1.57. The first-order valence-corrected chi connectivity index (χ1v) is 4.97. The fourth-order valence-electron chi connectivity index (χ4n) is 1.54. The summed E-state index contributed by atoms with van der Waals surface area (Å²) >= 11 is 0. The topological polar surface area (TPSA) is 28.7 Å². The molecule has 0 aliphatic carbocycles. The summed E-state index contributed by atoms with van der Waals surface area (Å²) in [6.07, 6.45) is 6.98. The number of aromatic amines is 1. The fourth-order valence-corrected chi connectivity index (χ4v) is 1.54. The average molecular weight is 186 g/mol. The van der Waals surface area contributed by atoms with Gasteiger partial charge in [-0.2, -0.15) is 0 Å². The second-order valence-electron chi connectivity index (χ2n) is 3.38. The van der Waals surface area contributed by atoms with Gasteiger partial charge in [-0.15, -0.1) is 0 Å². The molecule has 0 saturated heterocycles. The third-order valence-corrected chi connectivity index (χ3v) is 2.28. The SMILES string of the molecule is c1ccc(CCCc2ncc[nH]2)cc1. The van der Waals surface area contributed by atoms with E-state index in [1.165, 1.54) is 5.56 Å². The summed E-state index contributed by atoms with van der Waals surface area (Å²) in [4.78, 5) is 7.30. The molecule has 0 spiro atoms. The Morgan fingerprint density at radius 1 is 1.07 bits per heavy atom. The molecule has 0 atom stereocenters. The van der Waals surface area contributed by atoms with Crippen LogP contribution in [0.1, 0.15) is 17.8 Å². The van der Waals surface area contributed by atoms with Crippen LogP contribution in [0.3, 0.4) is 0 Å². The molecule has 0 bridgehead atoms. The smallest absolute Gasteiger partial charge is 0.106 e. The first kappa shape index (κ1) is 9.00. The maximum Gasteiger partial charge on any atom is 0.106 e. The van der Waals surface area contributed by atoms with E-state index in [2.05, 4.69) is 40.3 Å². The number of aryl methyl sites for hydroxylation is 2. The van der Waals surface area contributed by atoms with Gasteiger partial charge in [-0.1, -0.05) is 30.3 Å². The van der Waals surface area contributed by atoms with E-state index in [0.717, 1.165) is 25.1 Å². The summed E-state index contributed by atoms with van der Waals surface area (Å²) in [5, 5.41) is 0. The minimum atomic E-state index is 1.03. The van der Waals surface area contributed by atoms with Gasteiger partial charge in [0.15, 0.2) is 0 Å². The summed E-state index contributed by atoms with van der Waals surface area (Å²) in [7, 11) is 0. The molecule has 72 valence electrons. The number of benzene rings is 1. The summed E-state index contributed by atoms with van der Waals surface area (Å²) < 4.78 is 0. The first-order chi connectivity index (χ1) is 6.95. The van der Waals surface area contributed by atoms with Gasteiger partial charge in [0, 0.05) is 18.8 Å². The highest BCUT2D eigenvalue weighted by Gasteiger charge is 1.95. The Bertz CT molecular complexity index is 351. The third-order valence-electron chi connectivity index (χ3n) is 2.28. The van der Waals surface area contributed by atoms with Gasteiger partial charge >= 0.3 is 0 Å². The molecule has 2 aromatic rings. The minimum Gasteiger partial charge on any atom is -0.349 e. The van der Waals surface area contributed by atoms with Gasteiger partial charge in [0.25, 0.3) is 0 Å². The second-order valence-corrected chi connectivity index (χ2v) is 3.38. The van der Waals surface area contributed by atoms with Crippen LogP contribution in [0.15, 0.2) is 42.7 Å². The van der Waals surface area contributed by atoms with Gasteiger partial charge in [-0.3, -0.25) is 0 Å². The number of nitrogens with one attached hydrogen (secondary N) is 1. The lowest BCUT2D eigenvalue weighted by Crippen LogP contribution is -1.91. The Morgan fingerprint density at radius 2 is 1.93 bits per heavy atom. The zero-order valence-electron chi connectivity index (χ0n) is 8.11. The van der Waals surface area contributed by atoms with Crippen molar-refractivity contribution in [2.24, 2.45) is 0 Å². The fraction of sp³-hybridized carbons (Fsp3) is 0.250. The summed E-state index contributed by atoms with van der Waals surface area (Å²) in [6, 6.07) is 10.6. The standard InChI is InChI=1S/C12H14N2/c1-2-5-11(6-3-1)7-4-8-12-13-9-10-14-12/h1-3,5-6,9-10H,4,7-8H2,(H,13,14). The minimum absolute atomic E-state index is 1.03. The van der Waals surface area contributed by atoms with Crippen molar-refractivity contribution in [3.05, 3.63) is 54.1 Å². The molecule has 2 nitrogen and oxygen atoms in total. The zero-order valence-corrected chi connectivity index (χ0v) is 8.11. The number of H-pyrrole nitrogens is 1. The van der Waals surface area contributed by atoms with Crippen LogP contribution in [-0.2, 0) is 12.8 Å². The Balaban J connectivity index is 1.79. The Kier molecular flexibility index (Phi) is 2.96. The van der Waals surface area contributed by atoms with Crippen molar-refractivity contribution in [3.8, 4) is 0 Å². The average Bonchev–Trinajstić information content (AvgIpc) is 2.72. The predicted molar refractivity (Wildman–Crippen MR) is 57.1 cm³/mol. The number of hydrogen-bond acceptors (Lipinski definition) is 1. The lowest BCUT2D eigenvalue weighted by Gasteiger charge is -1.99. The number of imidazole rings is 1. The van der Waals surface area contributed by atoms with Gasteiger partial charge in [0.1, 0.15) is 5.82 Å². The van der Waals surface area contributed by atoms with Crippen molar-refractivity contribution in [1.29, 1.82) is 0 Å². The van der Waals surface area contributed by atoms with E-state index in [1.54, 1.807) is 6.20 Å². The van der Waals surface area contributed by atoms with E-state index < -0.39 is 0 Å². The van der Waals surface area contributed by atoms with Crippen molar-refractivity contribution in [2.75, 3.05) is 0 Å². The van der Waals surface area contributed by atoms with Crippen molar-refractivity contribution >= 4 is 0 Å². The normalized spacial score (nSPS) is 10.3. The largest absolute Gasteiger partial charge is 0.349 e. The molecule has 1 aromatic carbocycles. The molecule has 2 rings (SSSR count). The quantitative estimate of drug-likeness (QED) is 0.781. The van der Waals surface area contributed by atoms with Crippen LogP contribution in [0.4, 0.5) is 0 Å². The molecule has 1 aromatic heterocycles. The molecule has 0 amide bonds. The van der Waals surface area contributed by atoms with E-state index >= 15 is 0 Å². The van der Waals surface area contributed by atoms with Gasteiger partial charge in [0.05, 0.1) is 0 Å². The van der Waals surface area contributed by atoms with Crippen molar-refractivity contribution in [1.82, 2.24) is 9.97 Å². The molecule has 1 heterocycles. The van der Waals surface area contributed by atoms with E-state index in [1.807, 2.05) is 6.20 Å². The highest BCUT2D eigenvalue weighted by atomic mass is 14.9. The highest BCUT2D eigenvalue weighted by molar-refractivity contribution is 5.14. The van der Waals surface area contributed by atoms with E-state index in [9.17, 15) is 0 Å². The van der Waals surface area contributed by atoms with Crippen LogP contribution >= 0.6 is 0 Å². The number of nitrogens with zero attached hydrogens (tertiary/aromatic N) is 1. The molecule has 2 heteroatoms. The van der Waals surface area contributed by atoms with Crippen LogP contribution in [0.25, 0.3) is 0 Å². The maximum absolute atomic E-state index is 4.19. The third kappa shape index (κ3) is 2.46. The molecule has 1 N–H and O–H groups in total. The van der Waals surface area contributed by atoms with Crippen molar-refractivity contribution in [3.63, 3.8) is 0 Å². The maximum atomic E-state index is 4.19. The molecule has 14 heavy (non-hydrogen) atoms. The van der Waals surface area contributed by atoms with Crippen LogP contribution < -0.4 is 0 Å². The molecule has 0 radical (unpaired) electrons. The zero-order chi connectivity index (χ0) is 9.64. The van der Waals surface area contributed by atoms with Crippen LogP contribution in [-0.4, -0.2) is 9.97 Å². The summed E-state index contributed by atoms with van der Waals surface area (Å²) in [5.41, 5.74) is 1.40. The monoisotopic (exact) mass is 186 g/mol. The lowest BCUT2D eigenvalue weighted by molar-refractivity contribution is 0.783. The van der Waals surface area contributed by atoms with Crippen molar-refractivity contribution < 1.29 is 0 Å². The van der Waals surface area contributed by atoms with Gasteiger partial charge in [0.2, 0.25) is 0 Å². The van der Waals surface area contributed by atoms with Crippen molar-refractivity contribution in [2.45, 2.75) is 19.3 Å². The van der Waals surface area contributed by atoms with Gasteiger partial charge < -0.3 is 4.98 Å². The van der Waals surface area contributed by atoms with E-state index in [0.29, 0.717) is 0 Å². The number of rotatable bonds is 4. The highest BCUT2D eigenvalue weighted by Crippen LogP contribution is 2.04. The van der Waals surface area contributed by atoms with E-state index in [4.69, 9.17) is 0 Å². The number of hydrogen-bond donors (Lipinski definition) is 1. The molecule has 0 fully saturated rings. The molecule has 0 aliphatic heterocycles. The molecule has 0 aliphatic rings. The second kappa shape index (κ2) is 4.61. The predicted octanol–water partition coefficient (Wildman–Crippen LogP) is 2.58. The molecule has 0 saturated carbocycles. The van der Waals surface area contributed by atoms with Crippen LogP contribution in [0.5, 0.6) is 0 Å². The first-order valence-electron chi connectivity index (χ1n) is 4.97. The number of aromatic nitrogens is 2. The van der Waals surface area contributed by atoms with Crippen LogP contribution in [0, 0.1) is 0 Å². The summed E-state index contributed by atoms with van der Waals surface area (Å²) in [5.74, 6) is 1.08. The van der Waals surface area contributed by atoms with Crippen LogP contribution in [0.2, 0.25) is 0 Å². The Morgan fingerprint density at radius 3 is 2.64 bits per heavy atom. The van der Waals surface area contributed by atoms with Gasteiger partial charge in [-0.25, -0.2) is 4.98 Å². The van der Waals surface area contributed by atoms with E-state index in [-0.39, 0.29) is 0 Å². The molecular weight excluding hydrogens is 172 g/mol. The molecule has 0 unspecified atom stereocenters. The molecular formula is C12H14N2. The summed E-state index contributed by atoms with van der Waals surface area (Å²) in [6.45, 7) is 0. The van der Waals surface area contributed by atoms with Gasteiger partial charge in [-0.05, 0) is 18.4 Å². The Labute approximate surface area is 84.0 Å².